The summed E-state index contributed by atoms with van der Waals surface area (Å²) in [4.78, 5) is 8.85. The van der Waals surface area contributed by atoms with Gasteiger partial charge in [0.25, 0.3) is 0 Å². The minimum Gasteiger partial charge on any atom is -0.494 e. The molecule has 0 fully saturated rings. The molecule has 0 saturated carbocycles. The normalized spacial score (nSPS) is 14.0. The highest BCUT2D eigenvalue weighted by Crippen LogP contribution is 2.40. The van der Waals surface area contributed by atoms with E-state index in [1.165, 1.54) is 19.1 Å². The third-order valence-electron chi connectivity index (χ3n) is 4.97. The highest BCUT2D eigenvalue weighted by atomic mass is 32.1. The highest BCUT2D eigenvalue weighted by Gasteiger charge is 2.35. The summed E-state index contributed by atoms with van der Waals surface area (Å²) in [6, 6.07) is 12.3. The zero-order valence-electron chi connectivity index (χ0n) is 19.6. The van der Waals surface area contributed by atoms with Gasteiger partial charge in [-0.1, -0.05) is 17.4 Å². The largest absolute Gasteiger partial charge is 0.494 e. The second-order valence-corrected chi connectivity index (χ2v) is 9.93. The number of nitriles is 1. The fraction of sp³-hybridized carbons (Fsp3) is 0.348. The Morgan fingerprint density at radius 3 is 2.54 bits per heavy atom. The molecule has 198 valence electrons. The van der Waals surface area contributed by atoms with Gasteiger partial charge >= 0.3 is 14.4 Å². The number of benzene rings is 2. The summed E-state index contributed by atoms with van der Waals surface area (Å²) in [6.07, 6.45) is -3.68. The van der Waals surface area contributed by atoms with E-state index in [-0.39, 0.29) is 34.5 Å². The van der Waals surface area contributed by atoms with Gasteiger partial charge in [-0.25, -0.2) is 0 Å². The van der Waals surface area contributed by atoms with Crippen LogP contribution in [0.15, 0.2) is 42.5 Å². The number of aromatic nitrogens is 2. The second kappa shape index (κ2) is 12.5. The van der Waals surface area contributed by atoms with Gasteiger partial charge in [-0.15, -0.1) is 10.2 Å². The van der Waals surface area contributed by atoms with Crippen LogP contribution < -0.4 is 15.2 Å². The lowest BCUT2D eigenvalue weighted by molar-refractivity contribution is -0.138. The summed E-state index contributed by atoms with van der Waals surface area (Å²) in [5.41, 5.74) is 4.50. The summed E-state index contributed by atoms with van der Waals surface area (Å²) in [5.74, 6) is 0.232. The highest BCUT2D eigenvalue weighted by molar-refractivity contribution is 7.32. The lowest BCUT2D eigenvalue weighted by atomic mass is 10.1. The quantitative estimate of drug-likeness (QED) is 0.235. The molecule has 37 heavy (non-hydrogen) atoms. The Balaban J connectivity index is 1.61. The van der Waals surface area contributed by atoms with Crippen LogP contribution in [0.1, 0.15) is 35.9 Å². The number of rotatable bonds is 12. The lowest BCUT2D eigenvalue weighted by Gasteiger charge is -2.19. The Labute approximate surface area is 215 Å². The third kappa shape index (κ3) is 8.24. The molecule has 1 aromatic heterocycles. The molecule has 3 aromatic rings. The van der Waals surface area contributed by atoms with Crippen molar-refractivity contribution in [2.24, 2.45) is 5.73 Å². The first kappa shape index (κ1) is 28.6. The number of nitrogens with two attached hydrogens (primary N) is 1. The maximum Gasteiger partial charge on any atom is 0.419 e. The molecule has 2 aromatic carbocycles. The first-order valence-electron chi connectivity index (χ1n) is 11.0. The zero-order valence-corrected chi connectivity index (χ0v) is 21.4. The van der Waals surface area contributed by atoms with Gasteiger partial charge in [0.1, 0.15) is 21.5 Å². The minimum absolute atomic E-state index is 0.0481. The Bertz CT molecular complexity index is 1280. The number of hydrogen-bond donors (Lipinski definition) is 2. The van der Waals surface area contributed by atoms with Gasteiger partial charge in [0.2, 0.25) is 0 Å². The molecule has 0 amide bonds. The van der Waals surface area contributed by atoms with E-state index in [0.717, 1.165) is 17.4 Å². The van der Waals surface area contributed by atoms with Crippen LogP contribution >= 0.6 is 19.6 Å². The van der Waals surface area contributed by atoms with Crippen LogP contribution in [0, 0.1) is 11.3 Å². The van der Waals surface area contributed by atoms with E-state index in [0.29, 0.717) is 30.8 Å². The van der Waals surface area contributed by atoms with Crippen molar-refractivity contribution in [3.05, 3.63) is 58.6 Å². The molecule has 1 unspecified atom stereocenters. The Morgan fingerprint density at radius 2 is 1.86 bits per heavy atom. The van der Waals surface area contributed by atoms with Crippen LogP contribution in [0.25, 0.3) is 10.6 Å². The molecule has 3 N–H and O–H groups in total. The molecule has 0 aliphatic heterocycles. The molecule has 2 atom stereocenters. The summed E-state index contributed by atoms with van der Waals surface area (Å²) in [6.45, 7) is 1.57. The summed E-state index contributed by atoms with van der Waals surface area (Å²) in [7, 11) is -3.20. The molecule has 0 spiro atoms. The maximum atomic E-state index is 13.8. The molecule has 1 heterocycles. The monoisotopic (exact) mass is 556 g/mol. The molecule has 9 nitrogen and oxygen atoms in total. The molecule has 0 radical (unpaired) electrons. The Morgan fingerprint density at radius 1 is 1.14 bits per heavy atom. The smallest absolute Gasteiger partial charge is 0.419 e. The minimum atomic E-state index is -4.67. The van der Waals surface area contributed by atoms with Crippen molar-refractivity contribution in [2.75, 3.05) is 19.8 Å². The standard InChI is InChI=1S/C23H24F3N4O5PS/c1-22(28,14-35-36(31)32)21-30-29-20(37-21)16-7-8-19(18(12-16)23(24,25)26)34-10-3-2-9-33-17-6-4-5-15(11-17)13-27/h4-8,11-12,36H,2-3,9-10,14,28H2,1H3,(H,31,32)/t22-/m0/s1. The number of ether oxygens (including phenoxy) is 2. The number of alkyl halides is 3. The fourth-order valence-corrected chi connectivity index (χ4v) is 4.39. The number of halogens is 3. The van der Waals surface area contributed by atoms with E-state index in [4.69, 9.17) is 25.4 Å². The first-order chi connectivity index (χ1) is 17.5. The van der Waals surface area contributed by atoms with E-state index in [9.17, 15) is 17.7 Å². The van der Waals surface area contributed by atoms with Crippen molar-refractivity contribution in [3.8, 4) is 28.1 Å². The van der Waals surface area contributed by atoms with Crippen molar-refractivity contribution in [1.29, 1.82) is 5.26 Å². The molecule has 0 aliphatic rings. The molecular formula is C23H24F3N4O5PS. The number of hydrogen-bond acceptors (Lipinski definition) is 9. The van der Waals surface area contributed by atoms with Crippen LogP contribution in [0.3, 0.4) is 0 Å². The lowest BCUT2D eigenvalue weighted by Crippen LogP contribution is -2.37. The fourth-order valence-electron chi connectivity index (χ4n) is 3.09. The van der Waals surface area contributed by atoms with Crippen molar-refractivity contribution >= 4 is 19.6 Å². The molecule has 14 heteroatoms. The van der Waals surface area contributed by atoms with Crippen molar-refractivity contribution in [2.45, 2.75) is 31.5 Å². The van der Waals surface area contributed by atoms with Crippen molar-refractivity contribution in [1.82, 2.24) is 10.2 Å². The van der Waals surface area contributed by atoms with Crippen LogP contribution in [-0.4, -0.2) is 34.9 Å². The molecule has 0 bridgehead atoms. The summed E-state index contributed by atoms with van der Waals surface area (Å²) >= 11 is 0.958. The first-order valence-corrected chi connectivity index (χ1v) is 13.0. The average molecular weight is 557 g/mol. The van der Waals surface area contributed by atoms with E-state index in [1.807, 2.05) is 6.07 Å². The Kier molecular flexibility index (Phi) is 9.64. The van der Waals surface area contributed by atoms with Crippen LogP contribution in [0.5, 0.6) is 11.5 Å². The van der Waals surface area contributed by atoms with Gasteiger partial charge in [-0.2, -0.15) is 18.4 Å². The van der Waals surface area contributed by atoms with E-state index in [2.05, 4.69) is 14.7 Å². The number of nitrogens with zero attached hydrogens (tertiary/aromatic N) is 3. The van der Waals surface area contributed by atoms with Crippen molar-refractivity contribution in [3.63, 3.8) is 0 Å². The second-order valence-electron chi connectivity index (χ2n) is 8.14. The van der Waals surface area contributed by atoms with Crippen molar-refractivity contribution < 1.29 is 36.6 Å². The van der Waals surface area contributed by atoms with Crippen LogP contribution in [0.4, 0.5) is 13.2 Å². The van der Waals surface area contributed by atoms with Gasteiger partial charge < -0.3 is 24.6 Å². The van der Waals surface area contributed by atoms with E-state index < -0.39 is 25.5 Å². The number of unbranched alkanes of at least 4 members (excludes halogenated alkanes) is 1. The SMILES string of the molecule is C[C@](N)(CO[PH](=O)O)c1nnc(-c2ccc(OCCCCOc3cccc(C#N)c3)c(C(F)(F)F)c2)s1. The van der Waals surface area contributed by atoms with Gasteiger partial charge in [0, 0.05) is 5.56 Å². The zero-order chi connectivity index (χ0) is 27.1. The van der Waals surface area contributed by atoms with E-state index in [1.54, 1.807) is 24.3 Å². The summed E-state index contributed by atoms with van der Waals surface area (Å²) in [5, 5.41) is 17.2. The predicted molar refractivity (Wildman–Crippen MR) is 130 cm³/mol. The van der Waals surface area contributed by atoms with Gasteiger partial charge in [0.15, 0.2) is 0 Å². The predicted octanol–water partition coefficient (Wildman–Crippen LogP) is 4.91. The Hall–Kier alpha value is -3.01. The topological polar surface area (TPSA) is 141 Å². The molecule has 0 aliphatic carbocycles. The van der Waals surface area contributed by atoms with Gasteiger partial charge in [-0.3, -0.25) is 4.57 Å². The maximum absolute atomic E-state index is 13.8. The average Bonchev–Trinajstić information content (AvgIpc) is 3.36. The molecule has 3 rings (SSSR count). The van der Waals surface area contributed by atoms with Gasteiger partial charge in [-0.05, 0) is 56.2 Å². The molecule has 0 saturated heterocycles. The molecular weight excluding hydrogens is 532 g/mol. The van der Waals surface area contributed by atoms with Crippen LogP contribution in [0.2, 0.25) is 0 Å². The van der Waals surface area contributed by atoms with Crippen LogP contribution in [-0.2, 0) is 20.8 Å². The van der Waals surface area contributed by atoms with Gasteiger partial charge in [0.05, 0.1) is 42.6 Å². The summed E-state index contributed by atoms with van der Waals surface area (Å²) < 4.78 is 67.7. The third-order valence-corrected chi connectivity index (χ3v) is 6.61. The van der Waals surface area contributed by atoms with E-state index >= 15 is 0 Å².